The zero-order valence-electron chi connectivity index (χ0n) is 10.1. The van der Waals surface area contributed by atoms with Gasteiger partial charge in [-0.1, -0.05) is 27.2 Å². The van der Waals surface area contributed by atoms with Crippen molar-refractivity contribution < 1.29 is 0 Å². The molecule has 0 atom stereocenters. The van der Waals surface area contributed by atoms with E-state index in [-0.39, 0.29) is 0 Å². The summed E-state index contributed by atoms with van der Waals surface area (Å²) in [5.74, 6) is 6.31. The lowest BCUT2D eigenvalue weighted by molar-refractivity contribution is 0.749. The molecule has 0 spiro atoms. The van der Waals surface area contributed by atoms with Gasteiger partial charge in [-0.05, 0) is 48.2 Å². The van der Waals surface area contributed by atoms with Crippen LogP contribution in [0.4, 0.5) is 0 Å². The quantitative estimate of drug-likeness (QED) is 0.503. The van der Waals surface area contributed by atoms with Gasteiger partial charge < -0.3 is 0 Å². The highest BCUT2D eigenvalue weighted by Crippen LogP contribution is 2.12. The minimum Gasteiger partial charge on any atom is -0.162 e. The lowest BCUT2D eigenvalue weighted by atomic mass is 10.3. The van der Waals surface area contributed by atoms with Crippen LogP contribution in [0.1, 0.15) is 46.5 Å². The van der Waals surface area contributed by atoms with E-state index in [9.17, 15) is 0 Å². The fraction of sp³-hybridized carbons (Fsp3) is 1.00. The van der Waals surface area contributed by atoms with Gasteiger partial charge in [0, 0.05) is 0 Å². The van der Waals surface area contributed by atoms with Crippen LogP contribution in [0.2, 0.25) is 0 Å². The molecule has 0 saturated carbocycles. The van der Waals surface area contributed by atoms with Crippen molar-refractivity contribution in [1.82, 2.24) is 0 Å². The molecule has 0 aromatic carbocycles. The average Bonchev–Trinajstić information content (AvgIpc) is 2.15. The van der Waals surface area contributed by atoms with Crippen LogP contribution in [0.3, 0.4) is 0 Å². The molecule has 0 aromatic rings. The molecule has 0 aromatic heterocycles. The summed E-state index contributed by atoms with van der Waals surface area (Å²) in [5, 5.41) is 0. The molecule has 0 heterocycles. The van der Waals surface area contributed by atoms with Crippen LogP contribution in [-0.4, -0.2) is 23.0 Å². The molecule has 0 unspecified atom stereocenters. The van der Waals surface area contributed by atoms with Crippen LogP contribution in [0.25, 0.3) is 0 Å². The van der Waals surface area contributed by atoms with Gasteiger partial charge in [-0.15, -0.1) is 0 Å². The van der Waals surface area contributed by atoms with Gasteiger partial charge in [0.1, 0.15) is 0 Å². The van der Waals surface area contributed by atoms with E-state index in [1.165, 1.54) is 48.7 Å². The fourth-order valence-electron chi connectivity index (χ4n) is 1.08. The molecular formula is C12H26S2. The Balaban J connectivity index is 2.85. The molecule has 0 aliphatic carbocycles. The Kier molecular flexibility index (Phi) is 12.4. The van der Waals surface area contributed by atoms with E-state index in [2.05, 4.69) is 44.3 Å². The second kappa shape index (κ2) is 11.8. The third kappa shape index (κ3) is 12.7. The summed E-state index contributed by atoms with van der Waals surface area (Å²) in [6.45, 7) is 6.87. The Labute approximate surface area is 99.0 Å². The predicted molar refractivity (Wildman–Crippen MR) is 73.6 cm³/mol. The van der Waals surface area contributed by atoms with Crippen molar-refractivity contribution in [2.24, 2.45) is 5.92 Å². The number of unbranched alkanes of at least 4 members (excludes halogenated alkanes) is 2. The maximum atomic E-state index is 2.30. The van der Waals surface area contributed by atoms with E-state index in [0.717, 1.165) is 5.92 Å². The molecule has 0 amide bonds. The van der Waals surface area contributed by atoms with E-state index >= 15 is 0 Å². The van der Waals surface area contributed by atoms with Gasteiger partial charge in [0.15, 0.2) is 0 Å². The third-order valence-electron chi connectivity index (χ3n) is 1.92. The first-order valence-electron chi connectivity index (χ1n) is 5.92. The predicted octanol–water partition coefficient (Wildman–Crippen LogP) is 4.69. The van der Waals surface area contributed by atoms with Crippen LogP contribution < -0.4 is 0 Å². The standard InChI is InChI=1S/C12H26S2/c1-4-5-8-13-9-6-7-10-14-11-12(2)3/h12H,4-11H2,1-3H3. The maximum Gasteiger partial charge on any atom is -0.00444 e. The first-order chi connectivity index (χ1) is 6.77. The number of rotatable bonds is 10. The van der Waals surface area contributed by atoms with Crippen LogP contribution in [0.15, 0.2) is 0 Å². The SMILES string of the molecule is CCCCSCCCCSCC(C)C. The summed E-state index contributed by atoms with van der Waals surface area (Å²) in [6.07, 6.45) is 5.57. The Morgan fingerprint density at radius 2 is 1.43 bits per heavy atom. The van der Waals surface area contributed by atoms with E-state index in [4.69, 9.17) is 0 Å². The maximum absolute atomic E-state index is 2.30. The summed E-state index contributed by atoms with van der Waals surface area (Å²) >= 11 is 4.25. The lowest BCUT2D eigenvalue weighted by Gasteiger charge is -2.04. The molecule has 0 N–H and O–H groups in total. The molecule has 0 saturated heterocycles. The Bertz CT molecular complexity index is 102. The molecule has 86 valence electrons. The lowest BCUT2D eigenvalue weighted by Crippen LogP contribution is -1.93. The van der Waals surface area contributed by atoms with Gasteiger partial charge >= 0.3 is 0 Å². The molecule has 0 aliphatic rings. The molecule has 0 fully saturated rings. The van der Waals surface area contributed by atoms with Gasteiger partial charge in [0.2, 0.25) is 0 Å². The fourth-order valence-corrected chi connectivity index (χ4v) is 3.23. The summed E-state index contributed by atoms with van der Waals surface area (Å²) in [6, 6.07) is 0. The van der Waals surface area contributed by atoms with Crippen molar-refractivity contribution in [3.8, 4) is 0 Å². The molecule has 0 radical (unpaired) electrons. The van der Waals surface area contributed by atoms with Crippen LogP contribution in [-0.2, 0) is 0 Å². The monoisotopic (exact) mass is 234 g/mol. The zero-order chi connectivity index (χ0) is 10.6. The molecule has 0 nitrogen and oxygen atoms in total. The van der Waals surface area contributed by atoms with Crippen molar-refractivity contribution >= 4 is 23.5 Å². The number of thioether (sulfide) groups is 2. The van der Waals surface area contributed by atoms with Crippen molar-refractivity contribution in [3.63, 3.8) is 0 Å². The third-order valence-corrected chi connectivity index (χ3v) is 4.56. The van der Waals surface area contributed by atoms with E-state index in [0.29, 0.717) is 0 Å². The normalized spacial score (nSPS) is 11.1. The van der Waals surface area contributed by atoms with Crippen molar-refractivity contribution in [1.29, 1.82) is 0 Å². The molecule has 0 aliphatic heterocycles. The molecule has 14 heavy (non-hydrogen) atoms. The minimum absolute atomic E-state index is 0.860. The van der Waals surface area contributed by atoms with E-state index in [1.54, 1.807) is 0 Å². The van der Waals surface area contributed by atoms with Crippen LogP contribution >= 0.6 is 23.5 Å². The minimum atomic E-state index is 0.860. The average molecular weight is 234 g/mol. The topological polar surface area (TPSA) is 0 Å². The second-order valence-corrected chi connectivity index (χ2v) is 6.52. The van der Waals surface area contributed by atoms with E-state index < -0.39 is 0 Å². The van der Waals surface area contributed by atoms with Crippen LogP contribution in [0.5, 0.6) is 0 Å². The van der Waals surface area contributed by atoms with Crippen LogP contribution in [0, 0.1) is 5.92 Å². The molecular weight excluding hydrogens is 208 g/mol. The number of hydrogen-bond donors (Lipinski definition) is 0. The summed E-state index contributed by atoms with van der Waals surface area (Å²) in [7, 11) is 0. The highest BCUT2D eigenvalue weighted by Gasteiger charge is 1.94. The molecule has 2 heteroatoms. The Morgan fingerprint density at radius 1 is 0.857 bits per heavy atom. The number of hydrogen-bond acceptors (Lipinski definition) is 2. The zero-order valence-corrected chi connectivity index (χ0v) is 11.7. The highest BCUT2D eigenvalue weighted by atomic mass is 32.2. The Hall–Kier alpha value is 0.700. The van der Waals surface area contributed by atoms with Gasteiger partial charge in [0.25, 0.3) is 0 Å². The first-order valence-corrected chi connectivity index (χ1v) is 8.23. The summed E-state index contributed by atoms with van der Waals surface area (Å²) in [4.78, 5) is 0. The summed E-state index contributed by atoms with van der Waals surface area (Å²) in [5.41, 5.74) is 0. The van der Waals surface area contributed by atoms with Crippen molar-refractivity contribution in [3.05, 3.63) is 0 Å². The van der Waals surface area contributed by atoms with Gasteiger partial charge in [-0.2, -0.15) is 23.5 Å². The first kappa shape index (κ1) is 14.7. The smallest absolute Gasteiger partial charge is 0.00444 e. The Morgan fingerprint density at radius 3 is 2.00 bits per heavy atom. The molecule has 0 bridgehead atoms. The van der Waals surface area contributed by atoms with E-state index in [1.807, 2.05) is 0 Å². The highest BCUT2D eigenvalue weighted by molar-refractivity contribution is 7.99. The van der Waals surface area contributed by atoms with Crippen molar-refractivity contribution in [2.75, 3.05) is 23.0 Å². The van der Waals surface area contributed by atoms with Gasteiger partial charge in [0.05, 0.1) is 0 Å². The second-order valence-electron chi connectivity index (χ2n) is 4.14. The molecule has 0 rings (SSSR count). The van der Waals surface area contributed by atoms with Gasteiger partial charge in [-0.3, -0.25) is 0 Å². The van der Waals surface area contributed by atoms with Gasteiger partial charge in [-0.25, -0.2) is 0 Å². The van der Waals surface area contributed by atoms with Crippen molar-refractivity contribution in [2.45, 2.75) is 46.5 Å². The summed E-state index contributed by atoms with van der Waals surface area (Å²) < 4.78 is 0. The largest absolute Gasteiger partial charge is 0.162 e.